The summed E-state index contributed by atoms with van der Waals surface area (Å²) in [5, 5.41) is 1.23. The van der Waals surface area contributed by atoms with Gasteiger partial charge in [-0.15, -0.1) is 11.8 Å². The molecule has 1 fully saturated rings. The number of benzene rings is 1. The van der Waals surface area contributed by atoms with E-state index in [9.17, 15) is 0 Å². The van der Waals surface area contributed by atoms with E-state index in [0.29, 0.717) is 5.25 Å². The summed E-state index contributed by atoms with van der Waals surface area (Å²) in [6.07, 6.45) is 7.26. The van der Waals surface area contributed by atoms with E-state index in [4.69, 9.17) is 23.8 Å². The zero-order chi connectivity index (χ0) is 13.9. The topological polar surface area (TPSA) is 3.24 Å². The van der Waals surface area contributed by atoms with Crippen LogP contribution in [0.2, 0.25) is 5.02 Å². The molecule has 0 spiro atoms. The Morgan fingerprint density at radius 2 is 1.80 bits per heavy atom. The van der Waals surface area contributed by atoms with Crippen LogP contribution < -0.4 is 0 Å². The van der Waals surface area contributed by atoms with Gasteiger partial charge in [0.2, 0.25) is 0 Å². The fourth-order valence-corrected chi connectivity index (χ4v) is 4.51. The minimum absolute atomic E-state index is 0.432. The highest BCUT2D eigenvalue weighted by Crippen LogP contribution is 2.41. The molecule has 0 radical (unpaired) electrons. The summed E-state index contributed by atoms with van der Waals surface area (Å²) in [6, 6.07) is 8.20. The number of hydrogen-bond donors (Lipinski definition) is 0. The fourth-order valence-electron chi connectivity index (χ4n) is 2.87. The molecule has 1 aromatic carbocycles. The third-order valence-corrected chi connectivity index (χ3v) is 5.67. The Bertz CT molecular complexity index is 518. The summed E-state index contributed by atoms with van der Waals surface area (Å²) in [4.78, 5) is 2.53. The van der Waals surface area contributed by atoms with Crippen LogP contribution in [-0.4, -0.2) is 22.2 Å². The number of thiocarbonyl (C=S) groups is 1. The van der Waals surface area contributed by atoms with Crippen molar-refractivity contribution in [1.29, 1.82) is 0 Å². The van der Waals surface area contributed by atoms with Crippen molar-refractivity contribution in [3.05, 3.63) is 46.6 Å². The van der Waals surface area contributed by atoms with Crippen molar-refractivity contribution >= 4 is 39.8 Å². The van der Waals surface area contributed by atoms with Crippen LogP contribution in [0.4, 0.5) is 0 Å². The van der Waals surface area contributed by atoms with Crippen molar-refractivity contribution in [2.45, 2.75) is 30.9 Å². The van der Waals surface area contributed by atoms with Gasteiger partial charge in [-0.05, 0) is 43.0 Å². The molecule has 2 heterocycles. The highest BCUT2D eigenvalue weighted by atomic mass is 35.5. The minimum Gasteiger partial charge on any atom is -0.375 e. The summed E-state index contributed by atoms with van der Waals surface area (Å²) >= 11 is 13.3. The maximum Gasteiger partial charge on any atom is 0.0729 e. The zero-order valence-electron chi connectivity index (χ0n) is 11.3. The average Bonchev–Trinajstić information content (AvgIpc) is 2.48. The fraction of sp³-hybridized carbons (Fsp3) is 0.438. The van der Waals surface area contributed by atoms with E-state index in [1.165, 1.54) is 43.6 Å². The first-order valence-electron chi connectivity index (χ1n) is 7.14. The molecule has 4 heteroatoms. The number of hydrogen-bond acceptors (Lipinski definition) is 3. The van der Waals surface area contributed by atoms with Crippen molar-refractivity contribution in [1.82, 2.24) is 4.90 Å². The lowest BCUT2D eigenvalue weighted by Gasteiger charge is -2.35. The molecule has 0 N–H and O–H groups in total. The van der Waals surface area contributed by atoms with Gasteiger partial charge in [0.15, 0.2) is 0 Å². The number of nitrogens with zero attached hydrogens (tertiary/aromatic N) is 1. The number of allylic oxidation sites excluding steroid dienone is 1. The Hall–Kier alpha value is -0.510. The van der Waals surface area contributed by atoms with Crippen LogP contribution in [0, 0.1) is 0 Å². The van der Waals surface area contributed by atoms with Gasteiger partial charge >= 0.3 is 0 Å². The molecule has 0 saturated carbocycles. The number of likely N-dealkylation sites (tertiary alicyclic amines) is 1. The molecular weight excluding hydrogens is 306 g/mol. The summed E-state index contributed by atoms with van der Waals surface area (Å²) < 4.78 is 1.01. The third kappa shape index (κ3) is 3.38. The van der Waals surface area contributed by atoms with Gasteiger partial charge in [0.1, 0.15) is 0 Å². The molecule has 20 heavy (non-hydrogen) atoms. The molecule has 1 aromatic rings. The second kappa shape index (κ2) is 6.50. The van der Waals surface area contributed by atoms with Crippen LogP contribution in [0.5, 0.6) is 0 Å². The van der Waals surface area contributed by atoms with E-state index >= 15 is 0 Å². The Balaban J connectivity index is 1.77. The van der Waals surface area contributed by atoms with Crippen LogP contribution in [0.3, 0.4) is 0 Å². The first-order chi connectivity index (χ1) is 9.72. The quantitative estimate of drug-likeness (QED) is 0.687. The average molecular weight is 324 g/mol. The molecular formula is C16H18ClNS2. The monoisotopic (exact) mass is 323 g/mol. The Morgan fingerprint density at radius 1 is 1.10 bits per heavy atom. The second-order valence-electron chi connectivity index (χ2n) is 5.36. The van der Waals surface area contributed by atoms with Crippen molar-refractivity contribution in [3.8, 4) is 0 Å². The Labute approximate surface area is 135 Å². The molecule has 2 aliphatic rings. The lowest BCUT2D eigenvalue weighted by Crippen LogP contribution is -2.31. The summed E-state index contributed by atoms with van der Waals surface area (Å²) in [6.45, 7) is 2.37. The van der Waals surface area contributed by atoms with Crippen LogP contribution in [-0.2, 0) is 0 Å². The maximum atomic E-state index is 5.98. The first-order valence-corrected chi connectivity index (χ1v) is 8.80. The standard InChI is InChI=1S/C16H18ClNS2/c17-13-6-4-12(5-7-13)15-10-14(11-16(19)20-15)18-8-2-1-3-9-18/h4-7,11,15H,1-3,8-10H2. The van der Waals surface area contributed by atoms with Gasteiger partial charge in [0.05, 0.1) is 4.20 Å². The van der Waals surface area contributed by atoms with Crippen molar-refractivity contribution in [3.63, 3.8) is 0 Å². The molecule has 1 atom stereocenters. The SMILES string of the molecule is S=C1C=C(N2CCCCC2)CC(c2ccc(Cl)cc2)S1. The summed E-state index contributed by atoms with van der Waals surface area (Å²) in [5.41, 5.74) is 2.75. The number of halogens is 1. The maximum absolute atomic E-state index is 5.98. The highest BCUT2D eigenvalue weighted by molar-refractivity contribution is 8.23. The molecule has 0 amide bonds. The van der Waals surface area contributed by atoms with Gasteiger partial charge in [-0.2, -0.15) is 0 Å². The van der Waals surface area contributed by atoms with Gasteiger partial charge in [0.25, 0.3) is 0 Å². The van der Waals surface area contributed by atoms with Gasteiger partial charge in [-0.3, -0.25) is 0 Å². The second-order valence-corrected chi connectivity index (χ2v) is 7.74. The first kappa shape index (κ1) is 14.4. The van der Waals surface area contributed by atoms with Crippen LogP contribution in [0.1, 0.15) is 36.5 Å². The largest absolute Gasteiger partial charge is 0.375 e. The molecule has 1 unspecified atom stereocenters. The van der Waals surface area contributed by atoms with Crippen LogP contribution >= 0.6 is 35.6 Å². The van der Waals surface area contributed by atoms with E-state index in [1.807, 2.05) is 12.1 Å². The van der Waals surface area contributed by atoms with E-state index in [1.54, 1.807) is 11.8 Å². The van der Waals surface area contributed by atoms with Gasteiger partial charge in [0, 0.05) is 35.5 Å². The molecule has 0 aliphatic carbocycles. The van der Waals surface area contributed by atoms with Gasteiger partial charge < -0.3 is 4.90 Å². The molecule has 0 bridgehead atoms. The van der Waals surface area contributed by atoms with Crippen LogP contribution in [0.25, 0.3) is 0 Å². The lowest BCUT2D eigenvalue weighted by molar-refractivity contribution is 0.276. The van der Waals surface area contributed by atoms with Gasteiger partial charge in [-0.25, -0.2) is 0 Å². The van der Waals surface area contributed by atoms with Crippen molar-refractivity contribution in [2.75, 3.05) is 13.1 Å². The molecule has 3 rings (SSSR count). The van der Waals surface area contributed by atoms with Crippen molar-refractivity contribution < 1.29 is 0 Å². The number of thioether (sulfide) groups is 1. The molecule has 0 aromatic heterocycles. The summed E-state index contributed by atoms with van der Waals surface area (Å²) in [5.74, 6) is 0. The molecule has 1 saturated heterocycles. The zero-order valence-corrected chi connectivity index (χ0v) is 13.7. The predicted molar refractivity (Wildman–Crippen MR) is 92.5 cm³/mol. The molecule has 106 valence electrons. The lowest BCUT2D eigenvalue weighted by atomic mass is 10.0. The minimum atomic E-state index is 0.432. The van der Waals surface area contributed by atoms with E-state index in [2.05, 4.69) is 23.1 Å². The van der Waals surface area contributed by atoms with Gasteiger partial charge in [-0.1, -0.05) is 36.0 Å². The van der Waals surface area contributed by atoms with E-state index < -0.39 is 0 Å². The predicted octanol–water partition coefficient (Wildman–Crippen LogP) is 5.22. The highest BCUT2D eigenvalue weighted by Gasteiger charge is 2.24. The number of rotatable bonds is 2. The van der Waals surface area contributed by atoms with E-state index in [-0.39, 0.29) is 0 Å². The Morgan fingerprint density at radius 3 is 2.50 bits per heavy atom. The van der Waals surface area contributed by atoms with Crippen LogP contribution in [0.15, 0.2) is 36.0 Å². The number of piperidine rings is 1. The molecule has 2 aliphatic heterocycles. The third-order valence-electron chi connectivity index (χ3n) is 3.94. The smallest absolute Gasteiger partial charge is 0.0729 e. The Kier molecular flexibility index (Phi) is 4.69. The van der Waals surface area contributed by atoms with E-state index in [0.717, 1.165) is 15.6 Å². The van der Waals surface area contributed by atoms with Crippen molar-refractivity contribution in [2.24, 2.45) is 0 Å². The normalized spacial score (nSPS) is 23.6. The molecule has 1 nitrogen and oxygen atoms in total. The summed E-state index contributed by atoms with van der Waals surface area (Å²) in [7, 11) is 0.